The molecule has 1 rings (SSSR count). The van der Waals surface area contributed by atoms with E-state index in [1.165, 1.54) is 11.0 Å². The zero-order chi connectivity index (χ0) is 12.8. The second-order valence-corrected chi connectivity index (χ2v) is 3.83. The van der Waals surface area contributed by atoms with Crippen molar-refractivity contribution >= 4 is 6.09 Å². The van der Waals surface area contributed by atoms with E-state index in [1.807, 2.05) is 18.2 Å². The maximum atomic E-state index is 11.4. The number of aliphatic hydroxyl groups excluding tert-OH is 1. The van der Waals surface area contributed by atoms with Gasteiger partial charge in [0.15, 0.2) is 6.10 Å². The minimum atomic E-state index is -0.905. The van der Waals surface area contributed by atoms with Crippen LogP contribution in [0.1, 0.15) is 11.7 Å². The van der Waals surface area contributed by atoms with Crippen molar-refractivity contribution in [2.45, 2.75) is 12.2 Å². The molecule has 0 radical (unpaired) electrons. The maximum Gasteiger partial charge on any atom is 0.409 e. The monoisotopic (exact) mass is 235 g/mol. The number of nitrogens with zero attached hydrogens (tertiary/aromatic N) is 1. The van der Waals surface area contributed by atoms with E-state index in [-0.39, 0.29) is 0 Å². The summed E-state index contributed by atoms with van der Waals surface area (Å²) in [7, 11) is 3.16. The van der Waals surface area contributed by atoms with E-state index >= 15 is 0 Å². The minimum Gasteiger partial charge on any atom is -0.439 e. The lowest BCUT2D eigenvalue weighted by molar-refractivity contribution is 0.0163. The van der Waals surface area contributed by atoms with Crippen LogP contribution in [0.3, 0.4) is 0 Å². The Labute approximate surface area is 101 Å². The lowest BCUT2D eigenvalue weighted by Crippen LogP contribution is -2.30. The molecule has 1 aromatic carbocycles. The normalized spacial score (nSPS) is 13.6. The van der Waals surface area contributed by atoms with Crippen LogP contribution in [0.2, 0.25) is 0 Å². The van der Waals surface area contributed by atoms with Crippen LogP contribution in [-0.2, 0) is 4.74 Å². The molecule has 1 amide bonds. The van der Waals surface area contributed by atoms with Crippen molar-refractivity contribution in [3.63, 3.8) is 0 Å². The number of hydrogen-bond acceptors (Lipinski definition) is 3. The predicted molar refractivity (Wildman–Crippen MR) is 65.6 cm³/mol. The van der Waals surface area contributed by atoms with Crippen LogP contribution in [0, 0.1) is 0 Å². The molecule has 4 nitrogen and oxygen atoms in total. The Morgan fingerprint density at radius 2 is 2.00 bits per heavy atom. The topological polar surface area (TPSA) is 49.8 Å². The molecule has 0 aliphatic carbocycles. The first-order valence-corrected chi connectivity index (χ1v) is 5.29. The standard InChI is InChI=1S/C13H17NO3/c1-4-11(17-13(16)14(2)3)12(15)10-8-6-5-7-9-10/h4-9,11-12,15H,1H2,2-3H3. The van der Waals surface area contributed by atoms with Gasteiger partial charge in [0.1, 0.15) is 6.10 Å². The quantitative estimate of drug-likeness (QED) is 0.812. The van der Waals surface area contributed by atoms with Gasteiger partial charge in [-0.15, -0.1) is 0 Å². The first kappa shape index (κ1) is 13.3. The van der Waals surface area contributed by atoms with Crippen molar-refractivity contribution in [1.29, 1.82) is 0 Å². The van der Waals surface area contributed by atoms with Crippen LogP contribution in [0.15, 0.2) is 43.0 Å². The Bertz CT molecular complexity index is 376. The molecule has 1 aromatic rings. The molecule has 17 heavy (non-hydrogen) atoms. The summed E-state index contributed by atoms with van der Waals surface area (Å²) >= 11 is 0. The summed E-state index contributed by atoms with van der Waals surface area (Å²) in [4.78, 5) is 12.7. The second-order valence-electron chi connectivity index (χ2n) is 3.83. The number of carbonyl (C=O) groups is 1. The molecule has 4 heteroatoms. The van der Waals surface area contributed by atoms with E-state index < -0.39 is 18.3 Å². The third kappa shape index (κ3) is 3.60. The van der Waals surface area contributed by atoms with Crippen LogP contribution in [0.4, 0.5) is 4.79 Å². The second kappa shape index (κ2) is 6.06. The summed E-state index contributed by atoms with van der Waals surface area (Å²) in [6.45, 7) is 3.56. The fourth-order valence-corrected chi connectivity index (χ4v) is 1.30. The lowest BCUT2D eigenvalue weighted by atomic mass is 10.0. The molecule has 0 bridgehead atoms. The number of benzene rings is 1. The van der Waals surface area contributed by atoms with E-state index in [0.717, 1.165) is 0 Å². The molecule has 0 saturated heterocycles. The summed E-state index contributed by atoms with van der Waals surface area (Å²) in [5, 5.41) is 10.0. The number of aliphatic hydroxyl groups is 1. The molecule has 0 fully saturated rings. The Morgan fingerprint density at radius 3 is 2.47 bits per heavy atom. The first-order valence-electron chi connectivity index (χ1n) is 5.29. The summed E-state index contributed by atoms with van der Waals surface area (Å²) in [6.07, 6.45) is -0.756. The van der Waals surface area contributed by atoms with E-state index in [1.54, 1.807) is 26.2 Å². The van der Waals surface area contributed by atoms with E-state index in [2.05, 4.69) is 6.58 Å². The molecule has 0 saturated carbocycles. The molecule has 2 unspecified atom stereocenters. The Balaban J connectivity index is 2.74. The zero-order valence-corrected chi connectivity index (χ0v) is 10.0. The Kier molecular flexibility index (Phi) is 4.72. The van der Waals surface area contributed by atoms with Gasteiger partial charge >= 0.3 is 6.09 Å². The van der Waals surface area contributed by atoms with Gasteiger partial charge in [-0.05, 0) is 11.6 Å². The highest BCUT2D eigenvalue weighted by atomic mass is 16.6. The van der Waals surface area contributed by atoms with E-state index in [9.17, 15) is 9.90 Å². The zero-order valence-electron chi connectivity index (χ0n) is 10.0. The van der Waals surface area contributed by atoms with Gasteiger partial charge < -0.3 is 14.7 Å². The van der Waals surface area contributed by atoms with Crippen LogP contribution in [0.25, 0.3) is 0 Å². The third-order valence-corrected chi connectivity index (χ3v) is 2.29. The molecule has 1 N–H and O–H groups in total. The van der Waals surface area contributed by atoms with Crippen LogP contribution in [-0.4, -0.2) is 36.3 Å². The van der Waals surface area contributed by atoms with Gasteiger partial charge in [0.05, 0.1) is 0 Å². The number of ether oxygens (including phenoxy) is 1. The van der Waals surface area contributed by atoms with Gasteiger partial charge in [-0.1, -0.05) is 36.9 Å². The van der Waals surface area contributed by atoms with Crippen molar-refractivity contribution < 1.29 is 14.6 Å². The van der Waals surface area contributed by atoms with Gasteiger partial charge in [-0.2, -0.15) is 0 Å². The highest BCUT2D eigenvalue weighted by Crippen LogP contribution is 2.20. The van der Waals surface area contributed by atoms with E-state index in [4.69, 9.17) is 4.74 Å². The van der Waals surface area contributed by atoms with Gasteiger partial charge in [-0.3, -0.25) is 0 Å². The molecule has 0 aliphatic heterocycles. The number of amides is 1. The van der Waals surface area contributed by atoms with Crippen molar-refractivity contribution in [2.75, 3.05) is 14.1 Å². The van der Waals surface area contributed by atoms with Crippen LogP contribution in [0.5, 0.6) is 0 Å². The molecule has 92 valence electrons. The smallest absolute Gasteiger partial charge is 0.409 e. The van der Waals surface area contributed by atoms with E-state index in [0.29, 0.717) is 5.56 Å². The molecule has 2 atom stereocenters. The largest absolute Gasteiger partial charge is 0.439 e. The SMILES string of the molecule is C=CC(OC(=O)N(C)C)C(O)c1ccccc1. The summed E-state index contributed by atoms with van der Waals surface area (Å²) in [5.41, 5.74) is 0.684. The molecule has 0 spiro atoms. The maximum absolute atomic E-state index is 11.4. The third-order valence-electron chi connectivity index (χ3n) is 2.29. The fourth-order valence-electron chi connectivity index (χ4n) is 1.30. The average Bonchev–Trinajstić information content (AvgIpc) is 2.35. The van der Waals surface area contributed by atoms with Crippen molar-refractivity contribution in [1.82, 2.24) is 4.90 Å². The Morgan fingerprint density at radius 1 is 1.41 bits per heavy atom. The fraction of sp³-hybridized carbons (Fsp3) is 0.308. The number of hydrogen-bond donors (Lipinski definition) is 1. The molecular formula is C13H17NO3. The summed E-state index contributed by atoms with van der Waals surface area (Å²) in [6, 6.07) is 9.01. The van der Waals surface area contributed by atoms with Crippen molar-refractivity contribution in [2.24, 2.45) is 0 Å². The predicted octanol–water partition coefficient (Wildman–Crippen LogP) is 1.97. The molecule has 0 aliphatic rings. The van der Waals surface area contributed by atoms with Crippen molar-refractivity contribution in [3.8, 4) is 0 Å². The first-order chi connectivity index (χ1) is 8.06. The molecule has 0 heterocycles. The van der Waals surface area contributed by atoms with Gasteiger partial charge in [0, 0.05) is 14.1 Å². The molecule has 0 aromatic heterocycles. The number of carbonyl (C=O) groups excluding carboxylic acids is 1. The van der Waals surface area contributed by atoms with Gasteiger partial charge in [0.25, 0.3) is 0 Å². The molecular weight excluding hydrogens is 218 g/mol. The Hall–Kier alpha value is -1.81. The van der Waals surface area contributed by atoms with Gasteiger partial charge in [0.2, 0.25) is 0 Å². The van der Waals surface area contributed by atoms with Crippen LogP contribution >= 0.6 is 0 Å². The average molecular weight is 235 g/mol. The van der Waals surface area contributed by atoms with Gasteiger partial charge in [-0.25, -0.2) is 4.79 Å². The lowest BCUT2D eigenvalue weighted by Gasteiger charge is -2.22. The summed E-state index contributed by atoms with van der Waals surface area (Å²) < 4.78 is 5.10. The number of rotatable bonds is 4. The van der Waals surface area contributed by atoms with Crippen molar-refractivity contribution in [3.05, 3.63) is 48.6 Å². The van der Waals surface area contributed by atoms with Crippen LogP contribution < -0.4 is 0 Å². The summed E-state index contributed by atoms with van der Waals surface area (Å²) in [5.74, 6) is 0. The highest BCUT2D eigenvalue weighted by Gasteiger charge is 2.22. The highest BCUT2D eigenvalue weighted by molar-refractivity contribution is 5.67. The minimum absolute atomic E-state index is 0.509.